The average molecular weight is 508 g/mol. The van der Waals surface area contributed by atoms with Crippen LogP contribution in [0, 0.1) is 0 Å². The Kier molecular flexibility index (Phi) is 11.9. The quantitative estimate of drug-likeness (QED) is 0.226. The summed E-state index contributed by atoms with van der Waals surface area (Å²) in [6.45, 7) is 0.327. The fourth-order valence-electron chi connectivity index (χ4n) is 2.87. The largest absolute Gasteiger partial charge is 0.466 e. The molecule has 0 radical (unpaired) electrons. The minimum atomic E-state index is -0.525. The van der Waals surface area contributed by atoms with Crippen molar-refractivity contribution in [1.82, 2.24) is 10.9 Å². The topological polar surface area (TPSA) is 114 Å². The number of hydrogen-bond acceptors (Lipinski definition) is 5. The number of benzene rings is 2. The number of amides is 3. The van der Waals surface area contributed by atoms with E-state index in [9.17, 15) is 19.2 Å². The zero-order valence-electron chi connectivity index (χ0n) is 18.6. The van der Waals surface area contributed by atoms with E-state index in [1.165, 1.54) is 11.6 Å². The number of carbonyl (C=O) groups excluding carboxylic acids is 4. The standard InChI is InChI=1S/C24H27Cl2N3O5/c25-18-11-12-20(19(26)16-18)27-21(30)13-14-23(32)29-28-22(31)9-4-10-24(33)34-15-5-8-17-6-2-1-3-7-17/h1-3,6-7,11-12,16H,4-5,8-10,13-15H2,(H,27,30)(H,28,31)(H,29,32). The monoisotopic (exact) mass is 507 g/mol. The summed E-state index contributed by atoms with van der Waals surface area (Å²) in [5.41, 5.74) is 6.07. The molecule has 0 saturated heterocycles. The van der Waals surface area contributed by atoms with Gasteiger partial charge in [-0.05, 0) is 43.0 Å². The second-order valence-corrected chi connectivity index (χ2v) is 8.28. The molecule has 2 aromatic rings. The predicted octanol–water partition coefficient (Wildman–Crippen LogP) is 4.21. The smallest absolute Gasteiger partial charge is 0.305 e. The van der Waals surface area contributed by atoms with Gasteiger partial charge in [0.2, 0.25) is 17.7 Å². The van der Waals surface area contributed by atoms with Gasteiger partial charge in [-0.2, -0.15) is 0 Å². The summed E-state index contributed by atoms with van der Waals surface area (Å²) in [6, 6.07) is 14.5. The summed E-state index contributed by atoms with van der Waals surface area (Å²) in [4.78, 5) is 47.3. The molecule has 0 bridgehead atoms. The van der Waals surface area contributed by atoms with Crippen LogP contribution < -0.4 is 16.2 Å². The third kappa shape index (κ3) is 11.2. The molecule has 2 rings (SSSR count). The molecule has 0 saturated carbocycles. The number of carbonyl (C=O) groups is 4. The number of rotatable bonds is 12. The molecule has 0 atom stereocenters. The Hall–Kier alpha value is -3.10. The van der Waals surface area contributed by atoms with Gasteiger partial charge in [0, 0.05) is 30.7 Å². The second-order valence-electron chi connectivity index (χ2n) is 7.43. The number of halogens is 2. The summed E-state index contributed by atoms with van der Waals surface area (Å²) in [5.74, 6) is -1.74. The van der Waals surface area contributed by atoms with Gasteiger partial charge < -0.3 is 10.1 Å². The van der Waals surface area contributed by atoms with Crippen molar-refractivity contribution in [3.63, 3.8) is 0 Å². The first kappa shape index (κ1) is 27.1. The zero-order chi connectivity index (χ0) is 24.8. The van der Waals surface area contributed by atoms with Crippen LogP contribution >= 0.6 is 23.2 Å². The Morgan fingerprint density at radius 3 is 2.15 bits per heavy atom. The Balaban J connectivity index is 1.50. The number of hydrogen-bond donors (Lipinski definition) is 3. The fourth-order valence-corrected chi connectivity index (χ4v) is 3.32. The molecule has 0 aliphatic rings. The van der Waals surface area contributed by atoms with Gasteiger partial charge in [-0.1, -0.05) is 53.5 Å². The molecule has 3 amide bonds. The van der Waals surface area contributed by atoms with Gasteiger partial charge >= 0.3 is 5.97 Å². The van der Waals surface area contributed by atoms with Gasteiger partial charge in [-0.15, -0.1) is 0 Å². The number of esters is 1. The SMILES string of the molecule is O=C(CCCC(=O)OCCCc1ccccc1)NNC(=O)CCC(=O)Nc1ccc(Cl)cc1Cl. The first-order chi connectivity index (χ1) is 16.3. The van der Waals surface area contributed by atoms with Gasteiger partial charge in [0.25, 0.3) is 0 Å². The number of nitrogens with one attached hydrogen (secondary N) is 3. The van der Waals surface area contributed by atoms with Crippen molar-refractivity contribution < 1.29 is 23.9 Å². The molecule has 0 aromatic heterocycles. The normalized spacial score (nSPS) is 10.3. The molecular weight excluding hydrogens is 481 g/mol. The zero-order valence-corrected chi connectivity index (χ0v) is 20.1. The van der Waals surface area contributed by atoms with E-state index in [0.717, 1.165) is 12.8 Å². The summed E-state index contributed by atoms with van der Waals surface area (Å²) >= 11 is 11.8. The number of ether oxygens (including phenoxy) is 1. The van der Waals surface area contributed by atoms with Crippen LogP contribution in [-0.2, 0) is 30.3 Å². The lowest BCUT2D eigenvalue weighted by Crippen LogP contribution is -2.41. The van der Waals surface area contributed by atoms with Crippen molar-refractivity contribution in [3.8, 4) is 0 Å². The third-order valence-electron chi connectivity index (χ3n) is 4.63. The third-order valence-corrected chi connectivity index (χ3v) is 5.17. The van der Waals surface area contributed by atoms with Crippen LogP contribution in [0.15, 0.2) is 48.5 Å². The molecule has 0 aliphatic carbocycles. The highest BCUT2D eigenvalue weighted by Gasteiger charge is 2.11. The highest BCUT2D eigenvalue weighted by Crippen LogP contribution is 2.25. The van der Waals surface area contributed by atoms with E-state index in [-0.39, 0.29) is 36.7 Å². The van der Waals surface area contributed by atoms with Crippen molar-refractivity contribution in [2.75, 3.05) is 11.9 Å². The first-order valence-electron chi connectivity index (χ1n) is 10.9. The van der Waals surface area contributed by atoms with Crippen LogP contribution in [0.2, 0.25) is 10.0 Å². The van der Waals surface area contributed by atoms with Gasteiger partial charge in [-0.25, -0.2) is 0 Å². The van der Waals surface area contributed by atoms with Crippen molar-refractivity contribution in [2.24, 2.45) is 0 Å². The molecule has 182 valence electrons. The van der Waals surface area contributed by atoms with Gasteiger partial charge in [-0.3, -0.25) is 30.0 Å². The molecule has 0 spiro atoms. The average Bonchev–Trinajstić information content (AvgIpc) is 2.81. The molecule has 34 heavy (non-hydrogen) atoms. The van der Waals surface area contributed by atoms with Crippen molar-refractivity contribution in [3.05, 3.63) is 64.1 Å². The molecule has 10 heteroatoms. The van der Waals surface area contributed by atoms with Crippen LogP contribution in [0.3, 0.4) is 0 Å². The second kappa shape index (κ2) is 14.9. The molecule has 2 aromatic carbocycles. The summed E-state index contributed by atoms with van der Waals surface area (Å²) in [7, 11) is 0. The Morgan fingerprint density at radius 1 is 0.765 bits per heavy atom. The molecule has 0 fully saturated rings. The van der Waals surface area contributed by atoms with Crippen LogP contribution in [-0.4, -0.2) is 30.3 Å². The lowest BCUT2D eigenvalue weighted by Gasteiger charge is -2.09. The molecular formula is C24H27Cl2N3O5. The highest BCUT2D eigenvalue weighted by atomic mass is 35.5. The summed E-state index contributed by atoms with van der Waals surface area (Å²) in [6.07, 6.45) is 1.78. The van der Waals surface area contributed by atoms with Crippen molar-refractivity contribution >= 4 is 52.6 Å². The van der Waals surface area contributed by atoms with Gasteiger partial charge in [0.15, 0.2) is 0 Å². The number of aryl methyl sites for hydroxylation is 1. The Labute approximate surface area is 208 Å². The molecule has 0 heterocycles. The maximum absolute atomic E-state index is 11.9. The fraction of sp³-hybridized carbons (Fsp3) is 0.333. The lowest BCUT2D eigenvalue weighted by atomic mass is 10.1. The molecule has 3 N–H and O–H groups in total. The maximum atomic E-state index is 11.9. The first-order valence-corrected chi connectivity index (χ1v) is 11.6. The Morgan fingerprint density at radius 2 is 1.44 bits per heavy atom. The van der Waals surface area contributed by atoms with E-state index in [1.807, 2.05) is 30.3 Å². The van der Waals surface area contributed by atoms with Crippen LogP contribution in [0.25, 0.3) is 0 Å². The van der Waals surface area contributed by atoms with E-state index in [0.29, 0.717) is 23.7 Å². The number of anilines is 1. The Bertz CT molecular complexity index is 986. The molecule has 0 unspecified atom stereocenters. The summed E-state index contributed by atoms with van der Waals surface area (Å²) < 4.78 is 5.16. The van der Waals surface area contributed by atoms with Crippen molar-refractivity contribution in [2.45, 2.75) is 44.9 Å². The van der Waals surface area contributed by atoms with E-state index < -0.39 is 17.7 Å². The van der Waals surface area contributed by atoms with E-state index in [4.69, 9.17) is 27.9 Å². The van der Waals surface area contributed by atoms with Crippen LogP contribution in [0.1, 0.15) is 44.1 Å². The van der Waals surface area contributed by atoms with E-state index >= 15 is 0 Å². The minimum absolute atomic E-state index is 0.0505. The number of hydrazine groups is 1. The lowest BCUT2D eigenvalue weighted by molar-refractivity contribution is -0.144. The van der Waals surface area contributed by atoms with Crippen molar-refractivity contribution in [1.29, 1.82) is 0 Å². The molecule has 8 nitrogen and oxygen atoms in total. The minimum Gasteiger partial charge on any atom is -0.466 e. The predicted molar refractivity (Wildman–Crippen MR) is 130 cm³/mol. The van der Waals surface area contributed by atoms with Crippen LogP contribution in [0.4, 0.5) is 5.69 Å². The van der Waals surface area contributed by atoms with E-state index in [2.05, 4.69) is 16.2 Å². The van der Waals surface area contributed by atoms with E-state index in [1.54, 1.807) is 12.1 Å². The maximum Gasteiger partial charge on any atom is 0.305 e. The summed E-state index contributed by atoms with van der Waals surface area (Å²) in [5, 5.41) is 3.31. The van der Waals surface area contributed by atoms with Crippen LogP contribution in [0.5, 0.6) is 0 Å². The molecule has 0 aliphatic heterocycles. The van der Waals surface area contributed by atoms with Gasteiger partial charge in [0.05, 0.1) is 17.3 Å². The van der Waals surface area contributed by atoms with Gasteiger partial charge in [0.1, 0.15) is 0 Å². The highest BCUT2D eigenvalue weighted by molar-refractivity contribution is 6.36.